The Hall–Kier alpha value is -1.07. The number of rotatable bonds is 9. The number of hydrogen-bond donors (Lipinski definition) is 0. The molecule has 0 aliphatic carbocycles. The predicted octanol–water partition coefficient (Wildman–Crippen LogP) is 3.47. The first-order chi connectivity index (χ1) is 9.22. The molecule has 0 spiro atoms. The summed E-state index contributed by atoms with van der Waals surface area (Å²) in [5.41, 5.74) is 0.557. The van der Waals surface area contributed by atoms with Gasteiger partial charge in [-0.15, -0.1) is 0 Å². The molecule has 5 heteroatoms. The van der Waals surface area contributed by atoms with Crippen LogP contribution < -0.4 is 9.47 Å². The average molecular weight is 331 g/mol. The number of halogens is 1. The van der Waals surface area contributed by atoms with Crippen LogP contribution in [0.1, 0.15) is 30.1 Å². The highest BCUT2D eigenvalue weighted by molar-refractivity contribution is 9.10. The van der Waals surface area contributed by atoms with E-state index in [2.05, 4.69) is 15.9 Å². The van der Waals surface area contributed by atoms with Crippen LogP contribution in [0, 0.1) is 0 Å². The highest BCUT2D eigenvalue weighted by Gasteiger charge is 2.11. The van der Waals surface area contributed by atoms with E-state index >= 15 is 0 Å². The van der Waals surface area contributed by atoms with Crippen LogP contribution in [0.4, 0.5) is 0 Å². The maximum atomic E-state index is 10.8. The van der Waals surface area contributed by atoms with Gasteiger partial charge in [0.1, 0.15) is 6.29 Å². The fourth-order valence-electron chi connectivity index (χ4n) is 1.58. The summed E-state index contributed by atoms with van der Waals surface area (Å²) in [6, 6.07) is 3.41. The average Bonchev–Trinajstić information content (AvgIpc) is 2.41. The minimum Gasteiger partial charge on any atom is -0.490 e. The van der Waals surface area contributed by atoms with Gasteiger partial charge >= 0.3 is 0 Å². The van der Waals surface area contributed by atoms with E-state index in [4.69, 9.17) is 14.2 Å². The number of benzene rings is 1. The van der Waals surface area contributed by atoms with Gasteiger partial charge < -0.3 is 14.2 Å². The molecule has 0 saturated carbocycles. The number of carbonyl (C=O) groups is 1. The molecule has 0 aromatic heterocycles. The van der Waals surface area contributed by atoms with Crippen molar-refractivity contribution in [3.05, 3.63) is 22.2 Å². The molecule has 0 saturated heterocycles. The van der Waals surface area contributed by atoms with Gasteiger partial charge in [0.15, 0.2) is 11.5 Å². The monoisotopic (exact) mass is 330 g/mol. The van der Waals surface area contributed by atoms with Gasteiger partial charge in [-0.3, -0.25) is 4.79 Å². The van der Waals surface area contributed by atoms with Gasteiger partial charge in [0.2, 0.25) is 0 Å². The highest BCUT2D eigenvalue weighted by Crippen LogP contribution is 2.36. The van der Waals surface area contributed by atoms with Crippen molar-refractivity contribution in [3.63, 3.8) is 0 Å². The fraction of sp³-hybridized carbons (Fsp3) is 0.500. The summed E-state index contributed by atoms with van der Waals surface area (Å²) in [7, 11) is 1.68. The van der Waals surface area contributed by atoms with Crippen molar-refractivity contribution in [2.75, 3.05) is 26.9 Å². The molecule has 19 heavy (non-hydrogen) atoms. The normalized spacial score (nSPS) is 10.3. The highest BCUT2D eigenvalue weighted by atomic mass is 79.9. The number of aldehydes is 1. The van der Waals surface area contributed by atoms with Crippen LogP contribution in [-0.4, -0.2) is 33.2 Å². The molecule has 0 N–H and O–H groups in total. The Morgan fingerprint density at radius 2 is 1.95 bits per heavy atom. The molecule has 0 aliphatic rings. The first-order valence-electron chi connectivity index (χ1n) is 6.26. The minimum atomic E-state index is 0.523. The van der Waals surface area contributed by atoms with Crippen LogP contribution in [0.5, 0.6) is 11.5 Å². The molecule has 1 rings (SSSR count). The van der Waals surface area contributed by atoms with Gasteiger partial charge in [-0.05, 0) is 47.8 Å². The third-order valence-electron chi connectivity index (χ3n) is 2.46. The van der Waals surface area contributed by atoms with Gasteiger partial charge in [0.05, 0.1) is 17.7 Å². The summed E-state index contributed by atoms with van der Waals surface area (Å²) in [5.74, 6) is 1.23. The molecular weight excluding hydrogens is 312 g/mol. The number of hydrogen-bond acceptors (Lipinski definition) is 4. The summed E-state index contributed by atoms with van der Waals surface area (Å²) >= 11 is 3.40. The van der Waals surface area contributed by atoms with E-state index in [1.54, 1.807) is 19.2 Å². The summed E-state index contributed by atoms with van der Waals surface area (Å²) in [4.78, 5) is 10.8. The predicted molar refractivity (Wildman–Crippen MR) is 77.3 cm³/mol. The third-order valence-corrected chi connectivity index (χ3v) is 3.05. The Kier molecular flexibility index (Phi) is 7.52. The van der Waals surface area contributed by atoms with Crippen molar-refractivity contribution in [2.24, 2.45) is 0 Å². The molecule has 0 fully saturated rings. The van der Waals surface area contributed by atoms with Crippen LogP contribution in [0.2, 0.25) is 0 Å². The van der Waals surface area contributed by atoms with Gasteiger partial charge in [-0.25, -0.2) is 0 Å². The largest absolute Gasteiger partial charge is 0.490 e. The van der Waals surface area contributed by atoms with E-state index in [-0.39, 0.29) is 0 Å². The van der Waals surface area contributed by atoms with Crippen molar-refractivity contribution >= 4 is 22.2 Å². The molecule has 0 atom stereocenters. The second-order valence-electron chi connectivity index (χ2n) is 3.93. The maximum absolute atomic E-state index is 10.8. The van der Waals surface area contributed by atoms with E-state index in [1.807, 2.05) is 6.92 Å². The van der Waals surface area contributed by atoms with Crippen molar-refractivity contribution in [2.45, 2.75) is 19.8 Å². The Morgan fingerprint density at radius 1 is 1.21 bits per heavy atom. The zero-order chi connectivity index (χ0) is 14.1. The Balaban J connectivity index is 2.71. The molecule has 106 valence electrons. The molecule has 0 bridgehead atoms. The van der Waals surface area contributed by atoms with Crippen LogP contribution >= 0.6 is 15.9 Å². The van der Waals surface area contributed by atoms with E-state index in [0.717, 1.165) is 30.2 Å². The quantitative estimate of drug-likeness (QED) is 0.513. The van der Waals surface area contributed by atoms with E-state index in [0.29, 0.717) is 30.3 Å². The SMILES string of the molecule is CCOc1cc(C=O)cc(Br)c1OCCCCOC. The molecule has 4 nitrogen and oxygen atoms in total. The Morgan fingerprint density at radius 3 is 2.58 bits per heavy atom. The number of unbranched alkanes of at least 4 members (excludes halogenated alkanes) is 1. The van der Waals surface area contributed by atoms with Crippen LogP contribution in [0.25, 0.3) is 0 Å². The minimum absolute atomic E-state index is 0.523. The van der Waals surface area contributed by atoms with Gasteiger partial charge in [0.25, 0.3) is 0 Å². The molecule has 0 radical (unpaired) electrons. The second kappa shape index (κ2) is 8.93. The van der Waals surface area contributed by atoms with Gasteiger partial charge in [-0.1, -0.05) is 0 Å². The first-order valence-corrected chi connectivity index (χ1v) is 7.05. The van der Waals surface area contributed by atoms with E-state index in [9.17, 15) is 4.79 Å². The van der Waals surface area contributed by atoms with E-state index in [1.165, 1.54) is 0 Å². The van der Waals surface area contributed by atoms with Crippen molar-refractivity contribution < 1.29 is 19.0 Å². The summed E-state index contributed by atoms with van der Waals surface area (Å²) in [6.45, 7) is 3.73. The smallest absolute Gasteiger partial charge is 0.175 e. The molecule has 0 aliphatic heterocycles. The molecule has 0 amide bonds. The molecule has 0 heterocycles. The third kappa shape index (κ3) is 5.20. The second-order valence-corrected chi connectivity index (χ2v) is 4.78. The fourth-order valence-corrected chi connectivity index (χ4v) is 2.16. The molecular formula is C14H19BrO4. The number of carbonyl (C=O) groups excluding carboxylic acids is 1. The lowest BCUT2D eigenvalue weighted by atomic mass is 10.2. The lowest BCUT2D eigenvalue weighted by molar-refractivity contribution is 0.112. The lowest BCUT2D eigenvalue weighted by Crippen LogP contribution is -2.03. The van der Waals surface area contributed by atoms with Gasteiger partial charge in [0, 0.05) is 19.3 Å². The first kappa shape index (κ1) is 16.0. The summed E-state index contributed by atoms with van der Waals surface area (Å²) in [6.07, 6.45) is 2.64. The molecule has 0 unspecified atom stereocenters. The van der Waals surface area contributed by atoms with Crippen molar-refractivity contribution in [1.82, 2.24) is 0 Å². The number of ether oxygens (including phenoxy) is 3. The van der Waals surface area contributed by atoms with Gasteiger partial charge in [-0.2, -0.15) is 0 Å². The summed E-state index contributed by atoms with van der Waals surface area (Å²) in [5, 5.41) is 0. The van der Waals surface area contributed by atoms with Crippen LogP contribution in [0.3, 0.4) is 0 Å². The maximum Gasteiger partial charge on any atom is 0.175 e. The lowest BCUT2D eigenvalue weighted by Gasteiger charge is -2.14. The Bertz CT molecular complexity index is 407. The number of methoxy groups -OCH3 is 1. The molecule has 1 aromatic carbocycles. The van der Waals surface area contributed by atoms with Crippen LogP contribution in [0.15, 0.2) is 16.6 Å². The zero-order valence-electron chi connectivity index (χ0n) is 11.3. The molecule has 1 aromatic rings. The van der Waals surface area contributed by atoms with Crippen LogP contribution in [-0.2, 0) is 4.74 Å². The van der Waals surface area contributed by atoms with Crippen molar-refractivity contribution in [1.29, 1.82) is 0 Å². The van der Waals surface area contributed by atoms with E-state index < -0.39 is 0 Å². The zero-order valence-corrected chi connectivity index (χ0v) is 12.9. The van der Waals surface area contributed by atoms with Crippen molar-refractivity contribution in [3.8, 4) is 11.5 Å². The standard InChI is InChI=1S/C14H19BrO4/c1-3-18-13-9-11(10-16)8-12(15)14(13)19-7-5-4-6-17-2/h8-10H,3-7H2,1-2H3. The Labute approximate surface area is 122 Å². The summed E-state index contributed by atoms with van der Waals surface area (Å²) < 4.78 is 16.9. The topological polar surface area (TPSA) is 44.8 Å².